The number of rotatable bonds is 5. The smallest absolute Gasteiger partial charge is 0.255 e. The van der Waals surface area contributed by atoms with Crippen molar-refractivity contribution in [1.29, 1.82) is 0 Å². The van der Waals surface area contributed by atoms with Gasteiger partial charge in [0.25, 0.3) is 11.8 Å². The van der Waals surface area contributed by atoms with Gasteiger partial charge in [0, 0.05) is 16.8 Å². The van der Waals surface area contributed by atoms with E-state index in [1.165, 1.54) is 6.07 Å². The molecule has 0 heterocycles. The minimum Gasteiger partial charge on any atom is -0.347 e. The minimum absolute atomic E-state index is 0.259. The zero-order valence-corrected chi connectivity index (χ0v) is 16.5. The van der Waals surface area contributed by atoms with Crippen LogP contribution in [0.5, 0.6) is 0 Å². The lowest BCUT2D eigenvalue weighted by Crippen LogP contribution is -2.40. The highest BCUT2D eigenvalue weighted by Gasteiger charge is 2.19. The molecule has 0 aliphatic rings. The van der Waals surface area contributed by atoms with Gasteiger partial charge in [-0.25, -0.2) is 8.42 Å². The molecule has 2 aromatic rings. The molecule has 2 rings (SSSR count). The summed E-state index contributed by atoms with van der Waals surface area (Å²) in [5, 5.41) is 5.56. The number of carbonyl (C=O) groups is 2. The Morgan fingerprint density at radius 1 is 0.926 bits per heavy atom. The van der Waals surface area contributed by atoms with E-state index in [0.29, 0.717) is 11.3 Å². The molecule has 0 saturated heterocycles. The Hall–Kier alpha value is -2.87. The van der Waals surface area contributed by atoms with E-state index < -0.39 is 21.5 Å². The van der Waals surface area contributed by atoms with Gasteiger partial charge in [-0.2, -0.15) is 0 Å². The average molecular weight is 389 g/mol. The van der Waals surface area contributed by atoms with E-state index in [1.54, 1.807) is 42.5 Å². The normalized spacial score (nSPS) is 11.6. The van der Waals surface area contributed by atoms with Gasteiger partial charge in [-0.15, -0.1) is 0 Å². The van der Waals surface area contributed by atoms with E-state index in [1.807, 2.05) is 20.8 Å². The average Bonchev–Trinajstić information content (AvgIpc) is 2.52. The van der Waals surface area contributed by atoms with E-state index in [2.05, 4.69) is 15.4 Å². The van der Waals surface area contributed by atoms with Crippen molar-refractivity contribution in [3.05, 3.63) is 59.7 Å². The Morgan fingerprint density at radius 2 is 1.59 bits per heavy atom. The first-order chi connectivity index (χ1) is 12.4. The standard InChI is InChI=1S/C19H23N3O4S/c1-19(2,3)21-18(24)15-10-5-6-11-16(15)20-17(23)13-8-7-9-14(12-13)22-27(4,25)26/h5-12,22H,1-4H3,(H,20,23)(H,21,24). The topological polar surface area (TPSA) is 104 Å². The highest BCUT2D eigenvalue weighted by atomic mass is 32.2. The molecule has 3 N–H and O–H groups in total. The Labute approximate surface area is 159 Å². The third-order valence-electron chi connectivity index (χ3n) is 3.34. The number of hydrogen-bond donors (Lipinski definition) is 3. The van der Waals surface area contributed by atoms with Crippen LogP contribution in [-0.2, 0) is 10.0 Å². The summed E-state index contributed by atoms with van der Waals surface area (Å²) in [7, 11) is -3.45. The van der Waals surface area contributed by atoms with Crippen LogP contribution in [0.15, 0.2) is 48.5 Å². The van der Waals surface area contributed by atoms with Gasteiger partial charge in [-0.05, 0) is 51.1 Å². The summed E-state index contributed by atoms with van der Waals surface area (Å²) in [6, 6.07) is 12.8. The van der Waals surface area contributed by atoms with Gasteiger partial charge in [0.2, 0.25) is 10.0 Å². The second kappa shape index (κ2) is 7.79. The molecule has 0 unspecified atom stereocenters. The predicted octanol–water partition coefficient (Wildman–Crippen LogP) is 2.84. The van der Waals surface area contributed by atoms with Crippen molar-refractivity contribution in [2.75, 3.05) is 16.3 Å². The van der Waals surface area contributed by atoms with Crippen molar-refractivity contribution >= 4 is 33.2 Å². The number of nitrogens with one attached hydrogen (secondary N) is 3. The fourth-order valence-corrected chi connectivity index (χ4v) is 2.89. The number of amides is 2. The zero-order chi connectivity index (χ0) is 20.2. The van der Waals surface area contributed by atoms with Gasteiger partial charge in [0.1, 0.15) is 0 Å². The van der Waals surface area contributed by atoms with Crippen LogP contribution in [-0.4, -0.2) is 32.0 Å². The summed E-state index contributed by atoms with van der Waals surface area (Å²) >= 11 is 0. The summed E-state index contributed by atoms with van der Waals surface area (Å²) < 4.78 is 25.0. The first kappa shape index (κ1) is 20.4. The summed E-state index contributed by atoms with van der Waals surface area (Å²) in [4.78, 5) is 25.0. The van der Waals surface area contributed by atoms with Gasteiger partial charge in [0.05, 0.1) is 17.5 Å². The number of anilines is 2. The number of para-hydroxylation sites is 1. The Kier molecular flexibility index (Phi) is 5.90. The van der Waals surface area contributed by atoms with Gasteiger partial charge in [0.15, 0.2) is 0 Å². The van der Waals surface area contributed by atoms with E-state index in [9.17, 15) is 18.0 Å². The third kappa shape index (κ3) is 6.41. The Morgan fingerprint density at radius 3 is 2.22 bits per heavy atom. The molecule has 0 aliphatic heterocycles. The molecule has 2 amide bonds. The summed E-state index contributed by atoms with van der Waals surface area (Å²) in [5.74, 6) is -0.756. The quantitative estimate of drug-likeness (QED) is 0.731. The first-order valence-corrected chi connectivity index (χ1v) is 10.1. The molecule has 0 aliphatic carbocycles. The number of sulfonamides is 1. The van der Waals surface area contributed by atoms with Crippen molar-refractivity contribution in [3.63, 3.8) is 0 Å². The lowest BCUT2D eigenvalue weighted by Gasteiger charge is -2.21. The van der Waals surface area contributed by atoms with Gasteiger partial charge in [-0.1, -0.05) is 18.2 Å². The lowest BCUT2D eigenvalue weighted by atomic mass is 10.1. The highest BCUT2D eigenvalue weighted by Crippen LogP contribution is 2.19. The molecule has 0 atom stereocenters. The van der Waals surface area contributed by atoms with E-state index >= 15 is 0 Å². The molecule has 2 aromatic carbocycles. The first-order valence-electron chi connectivity index (χ1n) is 8.25. The molecule has 8 heteroatoms. The minimum atomic E-state index is -3.45. The van der Waals surface area contributed by atoms with Crippen LogP contribution in [0.3, 0.4) is 0 Å². The molecule has 7 nitrogen and oxygen atoms in total. The SMILES string of the molecule is CC(C)(C)NC(=O)c1ccccc1NC(=O)c1cccc(NS(C)(=O)=O)c1. The molecule has 0 saturated carbocycles. The lowest BCUT2D eigenvalue weighted by molar-refractivity contribution is 0.0920. The van der Waals surface area contributed by atoms with Gasteiger partial charge < -0.3 is 10.6 Å². The van der Waals surface area contributed by atoms with E-state index in [-0.39, 0.29) is 17.2 Å². The van der Waals surface area contributed by atoms with Gasteiger partial charge >= 0.3 is 0 Å². The Balaban J connectivity index is 2.24. The second-order valence-corrected chi connectivity index (χ2v) is 8.91. The Bertz CT molecular complexity index is 963. The van der Waals surface area contributed by atoms with E-state index in [4.69, 9.17) is 0 Å². The van der Waals surface area contributed by atoms with Crippen molar-refractivity contribution < 1.29 is 18.0 Å². The fraction of sp³-hybridized carbons (Fsp3) is 0.263. The predicted molar refractivity (Wildman–Crippen MR) is 107 cm³/mol. The monoisotopic (exact) mass is 389 g/mol. The molecule has 0 bridgehead atoms. The van der Waals surface area contributed by atoms with Crippen molar-refractivity contribution in [3.8, 4) is 0 Å². The van der Waals surface area contributed by atoms with E-state index in [0.717, 1.165) is 6.26 Å². The van der Waals surface area contributed by atoms with Crippen LogP contribution in [0.4, 0.5) is 11.4 Å². The van der Waals surface area contributed by atoms with Gasteiger partial charge in [-0.3, -0.25) is 14.3 Å². The largest absolute Gasteiger partial charge is 0.347 e. The van der Waals surface area contributed by atoms with Crippen LogP contribution in [0.2, 0.25) is 0 Å². The van der Waals surface area contributed by atoms with Crippen LogP contribution >= 0.6 is 0 Å². The second-order valence-electron chi connectivity index (χ2n) is 7.16. The molecule has 0 spiro atoms. The van der Waals surface area contributed by atoms with Crippen LogP contribution in [0.25, 0.3) is 0 Å². The number of carbonyl (C=O) groups excluding carboxylic acids is 2. The van der Waals surface area contributed by atoms with Crippen LogP contribution in [0.1, 0.15) is 41.5 Å². The fourth-order valence-electron chi connectivity index (χ4n) is 2.33. The zero-order valence-electron chi connectivity index (χ0n) is 15.7. The maximum Gasteiger partial charge on any atom is 0.255 e. The molecular formula is C19H23N3O4S. The molecule has 27 heavy (non-hydrogen) atoms. The van der Waals surface area contributed by atoms with Crippen LogP contribution < -0.4 is 15.4 Å². The molecular weight excluding hydrogens is 366 g/mol. The van der Waals surface area contributed by atoms with Crippen molar-refractivity contribution in [2.24, 2.45) is 0 Å². The molecule has 0 aromatic heterocycles. The number of hydrogen-bond acceptors (Lipinski definition) is 4. The van der Waals surface area contributed by atoms with Crippen LogP contribution in [0, 0.1) is 0 Å². The highest BCUT2D eigenvalue weighted by molar-refractivity contribution is 7.92. The summed E-state index contributed by atoms with van der Waals surface area (Å²) in [5.41, 5.74) is 0.829. The molecule has 0 fully saturated rings. The molecule has 0 radical (unpaired) electrons. The number of benzene rings is 2. The summed E-state index contributed by atoms with van der Waals surface area (Å²) in [6.45, 7) is 5.60. The maximum absolute atomic E-state index is 12.6. The van der Waals surface area contributed by atoms with Crippen molar-refractivity contribution in [1.82, 2.24) is 5.32 Å². The third-order valence-corrected chi connectivity index (χ3v) is 3.94. The maximum atomic E-state index is 12.6. The summed E-state index contributed by atoms with van der Waals surface area (Å²) in [6.07, 6.45) is 1.03. The van der Waals surface area contributed by atoms with Crippen molar-refractivity contribution in [2.45, 2.75) is 26.3 Å². The molecule has 144 valence electrons.